The fourth-order valence-electron chi connectivity index (χ4n) is 3.56. The predicted molar refractivity (Wildman–Crippen MR) is 118 cm³/mol. The van der Waals surface area contributed by atoms with Gasteiger partial charge in [0.1, 0.15) is 11.3 Å². The molecule has 7 nitrogen and oxygen atoms in total. The fraction of sp³-hybridized carbons (Fsp3) is 0.333. The fourth-order valence-corrected chi connectivity index (χ4v) is 3.56. The molecule has 4 rings (SSSR count). The van der Waals surface area contributed by atoms with E-state index in [1.165, 1.54) is 0 Å². The molecular weight excluding hydrogens is 396 g/mol. The lowest BCUT2D eigenvalue weighted by atomic mass is 10.1. The number of aromatic nitrogens is 1. The van der Waals surface area contributed by atoms with E-state index in [4.69, 9.17) is 14.2 Å². The first kappa shape index (κ1) is 20.8. The van der Waals surface area contributed by atoms with Crippen LogP contribution in [-0.2, 0) is 6.54 Å². The summed E-state index contributed by atoms with van der Waals surface area (Å²) < 4.78 is 16.6. The molecule has 0 aliphatic carbocycles. The molecule has 0 atom stereocenters. The third kappa shape index (κ3) is 4.50. The molecule has 2 aromatic carbocycles. The highest BCUT2D eigenvalue weighted by atomic mass is 16.7. The average molecular weight is 422 g/mol. The summed E-state index contributed by atoms with van der Waals surface area (Å²) in [6, 6.07) is 10.9. The number of aryl methyl sites for hydroxylation is 1. The maximum atomic E-state index is 12.7. The maximum absolute atomic E-state index is 12.7. The van der Waals surface area contributed by atoms with Gasteiger partial charge in [0.05, 0.1) is 12.1 Å². The molecule has 1 aliphatic rings. The van der Waals surface area contributed by atoms with Gasteiger partial charge in [0.2, 0.25) is 6.79 Å². The Bertz CT molecular complexity index is 1170. The number of aromatic amines is 1. The van der Waals surface area contributed by atoms with Crippen molar-refractivity contribution in [2.45, 2.75) is 39.7 Å². The minimum atomic E-state index is -0.445. The Labute approximate surface area is 180 Å². The van der Waals surface area contributed by atoms with Gasteiger partial charge in [-0.15, -0.1) is 0 Å². The molecule has 1 aromatic heterocycles. The van der Waals surface area contributed by atoms with E-state index in [-0.39, 0.29) is 18.9 Å². The third-order valence-corrected chi connectivity index (χ3v) is 5.30. The van der Waals surface area contributed by atoms with Gasteiger partial charge in [-0.2, -0.15) is 0 Å². The Hall–Kier alpha value is -3.48. The smallest absolute Gasteiger partial charge is 0.261 e. The van der Waals surface area contributed by atoms with Crippen LogP contribution < -0.4 is 25.1 Å². The second kappa shape index (κ2) is 9.12. The molecule has 0 radical (unpaired) electrons. The minimum Gasteiger partial charge on any atom is -0.491 e. The van der Waals surface area contributed by atoms with Gasteiger partial charge >= 0.3 is 0 Å². The summed E-state index contributed by atoms with van der Waals surface area (Å²) in [7, 11) is 0. The van der Waals surface area contributed by atoms with Crippen molar-refractivity contribution in [3.63, 3.8) is 0 Å². The predicted octanol–water partition coefficient (Wildman–Crippen LogP) is 4.06. The van der Waals surface area contributed by atoms with Crippen molar-refractivity contribution < 1.29 is 19.0 Å². The van der Waals surface area contributed by atoms with Crippen LogP contribution in [0.4, 0.5) is 0 Å². The van der Waals surface area contributed by atoms with E-state index in [1.807, 2.05) is 31.2 Å². The molecule has 0 saturated carbocycles. The monoisotopic (exact) mass is 422 g/mol. The lowest BCUT2D eigenvalue weighted by Crippen LogP contribution is -2.29. The Morgan fingerprint density at radius 2 is 1.97 bits per heavy atom. The number of unbranched alkanes of at least 4 members (excludes halogenated alkanes) is 2. The van der Waals surface area contributed by atoms with Crippen molar-refractivity contribution in [2.24, 2.45) is 0 Å². The van der Waals surface area contributed by atoms with E-state index in [2.05, 4.69) is 17.2 Å². The van der Waals surface area contributed by atoms with E-state index in [9.17, 15) is 9.59 Å². The molecule has 2 N–H and O–H groups in total. The standard InChI is InChI=1S/C24H26N2O5/c1-3-4-5-10-29-22-15(2)6-8-17-12-18(24(28)26-21(17)22)23(27)25-13-16-7-9-19-20(11-16)31-14-30-19/h6-9,11-12H,3-5,10,13-14H2,1-2H3,(H,25,27)(H,26,28). The largest absolute Gasteiger partial charge is 0.491 e. The molecule has 0 spiro atoms. The zero-order chi connectivity index (χ0) is 21.8. The zero-order valence-electron chi connectivity index (χ0n) is 17.7. The summed E-state index contributed by atoms with van der Waals surface area (Å²) in [5, 5.41) is 3.55. The summed E-state index contributed by atoms with van der Waals surface area (Å²) in [6.07, 6.45) is 3.16. The van der Waals surface area contributed by atoms with Gasteiger partial charge < -0.3 is 24.5 Å². The number of carbonyl (C=O) groups is 1. The number of pyridine rings is 1. The van der Waals surface area contributed by atoms with Crippen LogP contribution >= 0.6 is 0 Å². The molecule has 7 heteroatoms. The Morgan fingerprint density at radius 1 is 1.13 bits per heavy atom. The molecular formula is C24H26N2O5. The quantitative estimate of drug-likeness (QED) is 0.534. The first-order valence-corrected chi connectivity index (χ1v) is 10.5. The van der Waals surface area contributed by atoms with Crippen molar-refractivity contribution in [1.29, 1.82) is 0 Å². The van der Waals surface area contributed by atoms with E-state index in [0.717, 1.165) is 35.8 Å². The molecule has 3 aromatic rings. The number of carbonyl (C=O) groups excluding carboxylic acids is 1. The molecule has 1 aliphatic heterocycles. The number of benzene rings is 2. The number of ether oxygens (including phenoxy) is 3. The van der Waals surface area contributed by atoms with Crippen LogP contribution in [0.15, 0.2) is 41.2 Å². The molecule has 2 heterocycles. The lowest BCUT2D eigenvalue weighted by molar-refractivity contribution is 0.0949. The molecule has 0 bridgehead atoms. The zero-order valence-corrected chi connectivity index (χ0v) is 17.7. The van der Waals surface area contributed by atoms with Crippen LogP contribution in [0, 0.1) is 6.92 Å². The third-order valence-electron chi connectivity index (χ3n) is 5.30. The first-order valence-electron chi connectivity index (χ1n) is 10.5. The SMILES string of the molecule is CCCCCOc1c(C)ccc2cc(C(=O)NCc3ccc4c(c3)OCO4)c(=O)[nH]c12. The summed E-state index contributed by atoms with van der Waals surface area (Å²) in [6.45, 7) is 5.14. The maximum Gasteiger partial charge on any atom is 0.261 e. The minimum absolute atomic E-state index is 0.0639. The molecule has 0 fully saturated rings. The topological polar surface area (TPSA) is 89.7 Å². The highest BCUT2D eigenvalue weighted by molar-refractivity contribution is 5.98. The van der Waals surface area contributed by atoms with Crippen LogP contribution in [-0.4, -0.2) is 24.3 Å². The molecule has 0 unspecified atom stereocenters. The molecule has 0 saturated heterocycles. The molecule has 162 valence electrons. The Balaban J connectivity index is 1.52. The summed E-state index contributed by atoms with van der Waals surface area (Å²) in [5.74, 6) is 1.56. The number of hydrogen-bond acceptors (Lipinski definition) is 5. The van der Waals surface area contributed by atoms with Crippen LogP contribution in [0.5, 0.6) is 17.2 Å². The van der Waals surface area contributed by atoms with Gasteiger partial charge in [-0.25, -0.2) is 0 Å². The van der Waals surface area contributed by atoms with Gasteiger partial charge in [0, 0.05) is 11.9 Å². The van der Waals surface area contributed by atoms with Crippen molar-refractivity contribution in [3.8, 4) is 17.2 Å². The van der Waals surface area contributed by atoms with E-state index >= 15 is 0 Å². The highest BCUT2D eigenvalue weighted by Gasteiger charge is 2.16. The number of H-pyrrole nitrogens is 1. The molecule has 31 heavy (non-hydrogen) atoms. The second-order valence-electron chi connectivity index (χ2n) is 7.61. The molecule has 1 amide bonds. The van der Waals surface area contributed by atoms with E-state index < -0.39 is 11.5 Å². The number of rotatable bonds is 8. The Kier molecular flexibility index (Phi) is 6.11. The van der Waals surface area contributed by atoms with Crippen LogP contribution in [0.1, 0.15) is 47.7 Å². The van der Waals surface area contributed by atoms with Crippen LogP contribution in [0.25, 0.3) is 10.9 Å². The average Bonchev–Trinajstić information content (AvgIpc) is 3.24. The van der Waals surface area contributed by atoms with E-state index in [1.54, 1.807) is 12.1 Å². The van der Waals surface area contributed by atoms with Crippen LogP contribution in [0.2, 0.25) is 0 Å². The van der Waals surface area contributed by atoms with Gasteiger partial charge in [-0.05, 0) is 42.7 Å². The number of amides is 1. The second-order valence-corrected chi connectivity index (χ2v) is 7.61. The highest BCUT2D eigenvalue weighted by Crippen LogP contribution is 2.32. The Morgan fingerprint density at radius 3 is 2.81 bits per heavy atom. The van der Waals surface area contributed by atoms with Crippen molar-refractivity contribution in [3.05, 3.63) is 63.4 Å². The van der Waals surface area contributed by atoms with Crippen molar-refractivity contribution >= 4 is 16.8 Å². The van der Waals surface area contributed by atoms with Crippen molar-refractivity contribution in [2.75, 3.05) is 13.4 Å². The summed E-state index contributed by atoms with van der Waals surface area (Å²) in [5.41, 5.74) is 2.04. The normalized spacial score (nSPS) is 12.2. The van der Waals surface area contributed by atoms with Crippen LogP contribution in [0.3, 0.4) is 0 Å². The van der Waals surface area contributed by atoms with Gasteiger partial charge in [0.25, 0.3) is 11.5 Å². The summed E-state index contributed by atoms with van der Waals surface area (Å²) >= 11 is 0. The van der Waals surface area contributed by atoms with Gasteiger partial charge in [0.15, 0.2) is 11.5 Å². The van der Waals surface area contributed by atoms with E-state index in [0.29, 0.717) is 29.4 Å². The lowest BCUT2D eigenvalue weighted by Gasteiger charge is -2.13. The van der Waals surface area contributed by atoms with Crippen molar-refractivity contribution in [1.82, 2.24) is 10.3 Å². The summed E-state index contributed by atoms with van der Waals surface area (Å²) in [4.78, 5) is 28.2. The number of fused-ring (bicyclic) bond motifs is 2. The van der Waals surface area contributed by atoms with Gasteiger partial charge in [-0.3, -0.25) is 9.59 Å². The number of hydrogen-bond donors (Lipinski definition) is 2. The first-order chi connectivity index (χ1) is 15.1. The number of nitrogens with one attached hydrogen (secondary N) is 2. The van der Waals surface area contributed by atoms with Gasteiger partial charge in [-0.1, -0.05) is 38.0 Å².